The van der Waals surface area contributed by atoms with Gasteiger partial charge in [-0.1, -0.05) is 82.3 Å². The molecule has 0 atom stereocenters. The first-order valence-electron chi connectivity index (χ1n) is 8.27. The molecule has 0 unspecified atom stereocenters. The summed E-state index contributed by atoms with van der Waals surface area (Å²) in [6, 6.07) is 21.6. The average Bonchev–Trinajstić information content (AvgIpc) is 2.58. The number of unbranched alkanes of at least 4 members (excludes halogenated alkanes) is 2. The minimum atomic E-state index is 1.23. The lowest BCUT2D eigenvalue weighted by Gasteiger charge is -2.03. The Hall–Kier alpha value is -0.860. The Labute approximate surface area is 143 Å². The van der Waals surface area contributed by atoms with E-state index in [0.717, 1.165) is 0 Å². The van der Waals surface area contributed by atoms with Crippen molar-refractivity contribution in [3.8, 4) is 0 Å². The van der Waals surface area contributed by atoms with Gasteiger partial charge in [0, 0.05) is 11.5 Å². The quantitative estimate of drug-likeness (QED) is 0.345. The molecule has 22 heavy (non-hydrogen) atoms. The molecular weight excluding hydrogens is 304 g/mol. The molecule has 0 aliphatic rings. The van der Waals surface area contributed by atoms with Gasteiger partial charge in [0.25, 0.3) is 0 Å². The Bertz CT molecular complexity index is 434. The van der Waals surface area contributed by atoms with Crippen molar-refractivity contribution in [1.29, 1.82) is 0 Å². The van der Waals surface area contributed by atoms with Crippen molar-refractivity contribution in [3.05, 3.63) is 71.8 Å². The van der Waals surface area contributed by atoms with Crippen molar-refractivity contribution in [2.45, 2.75) is 38.5 Å². The Morgan fingerprint density at radius 1 is 0.500 bits per heavy atom. The predicted molar refractivity (Wildman–Crippen MR) is 104 cm³/mol. The van der Waals surface area contributed by atoms with E-state index in [0.29, 0.717) is 0 Å². The highest BCUT2D eigenvalue weighted by Crippen LogP contribution is 2.24. The van der Waals surface area contributed by atoms with Crippen LogP contribution < -0.4 is 0 Å². The fourth-order valence-electron chi connectivity index (χ4n) is 2.39. The number of aryl methyl sites for hydroxylation is 2. The van der Waals surface area contributed by atoms with Crippen LogP contribution in [0.4, 0.5) is 0 Å². The zero-order valence-electron chi connectivity index (χ0n) is 13.2. The molecular formula is C20H26S2. The van der Waals surface area contributed by atoms with Crippen molar-refractivity contribution in [2.24, 2.45) is 0 Å². The van der Waals surface area contributed by atoms with Crippen LogP contribution in [-0.4, -0.2) is 11.5 Å². The Morgan fingerprint density at radius 2 is 0.909 bits per heavy atom. The standard InChI is InChI=1S/C20H26S2/c1-3-11-19(12-4-1)15-7-9-17-21-22-18-10-8-16-20-13-5-2-6-14-20/h1-6,11-14H,7-10,15-18H2. The number of hydrogen-bond acceptors (Lipinski definition) is 2. The topological polar surface area (TPSA) is 0 Å². The predicted octanol–water partition coefficient (Wildman–Crippen LogP) is 6.41. The summed E-state index contributed by atoms with van der Waals surface area (Å²) in [5.41, 5.74) is 2.95. The van der Waals surface area contributed by atoms with Gasteiger partial charge in [-0.15, -0.1) is 0 Å². The average molecular weight is 331 g/mol. The van der Waals surface area contributed by atoms with E-state index in [4.69, 9.17) is 0 Å². The third-order valence-electron chi connectivity index (χ3n) is 3.66. The first kappa shape index (κ1) is 17.5. The summed E-state index contributed by atoms with van der Waals surface area (Å²) in [4.78, 5) is 0. The molecule has 0 aliphatic carbocycles. The number of rotatable bonds is 11. The lowest BCUT2D eigenvalue weighted by Crippen LogP contribution is -1.87. The van der Waals surface area contributed by atoms with Crippen molar-refractivity contribution >= 4 is 21.6 Å². The molecule has 0 heterocycles. The largest absolute Gasteiger partial charge is 0.0942 e. The van der Waals surface area contributed by atoms with Crippen LogP contribution in [-0.2, 0) is 12.8 Å². The molecule has 2 rings (SSSR count). The summed E-state index contributed by atoms with van der Waals surface area (Å²) in [6.07, 6.45) is 7.73. The maximum atomic E-state index is 2.23. The van der Waals surface area contributed by atoms with E-state index >= 15 is 0 Å². The second kappa shape index (κ2) is 11.7. The SMILES string of the molecule is c1ccc(CCCCSSCCCCc2ccccc2)cc1. The lowest BCUT2D eigenvalue weighted by atomic mass is 10.1. The third kappa shape index (κ3) is 7.95. The lowest BCUT2D eigenvalue weighted by molar-refractivity contribution is 0.802. The zero-order valence-corrected chi connectivity index (χ0v) is 14.9. The molecule has 0 nitrogen and oxygen atoms in total. The maximum absolute atomic E-state index is 2.23. The summed E-state index contributed by atoms with van der Waals surface area (Å²) >= 11 is 0. The van der Waals surface area contributed by atoms with E-state index < -0.39 is 0 Å². The van der Waals surface area contributed by atoms with Gasteiger partial charge in [0.15, 0.2) is 0 Å². The zero-order chi connectivity index (χ0) is 15.3. The summed E-state index contributed by atoms with van der Waals surface area (Å²) in [5, 5.41) is 0. The van der Waals surface area contributed by atoms with E-state index in [9.17, 15) is 0 Å². The van der Waals surface area contributed by atoms with Gasteiger partial charge in [0.05, 0.1) is 0 Å². The first-order valence-corrected chi connectivity index (χ1v) is 10.8. The molecule has 0 aliphatic heterocycles. The molecule has 0 saturated carbocycles. The van der Waals surface area contributed by atoms with Gasteiger partial charge in [0.2, 0.25) is 0 Å². The summed E-state index contributed by atoms with van der Waals surface area (Å²) < 4.78 is 0. The van der Waals surface area contributed by atoms with E-state index in [1.807, 2.05) is 0 Å². The summed E-state index contributed by atoms with van der Waals surface area (Å²) in [5.74, 6) is 2.58. The summed E-state index contributed by atoms with van der Waals surface area (Å²) in [7, 11) is 4.10. The van der Waals surface area contributed by atoms with Gasteiger partial charge in [-0.25, -0.2) is 0 Å². The van der Waals surface area contributed by atoms with Crippen molar-refractivity contribution in [1.82, 2.24) is 0 Å². The fraction of sp³-hybridized carbons (Fsp3) is 0.400. The molecule has 0 N–H and O–H groups in total. The van der Waals surface area contributed by atoms with Gasteiger partial charge in [-0.05, 0) is 49.7 Å². The normalized spacial score (nSPS) is 10.7. The second-order valence-corrected chi connectivity index (χ2v) is 8.23. The molecule has 2 aromatic carbocycles. The highest BCUT2D eigenvalue weighted by atomic mass is 33.1. The Kier molecular flexibility index (Phi) is 9.28. The van der Waals surface area contributed by atoms with Crippen LogP contribution in [0.3, 0.4) is 0 Å². The number of hydrogen-bond donors (Lipinski definition) is 0. The Morgan fingerprint density at radius 3 is 1.32 bits per heavy atom. The van der Waals surface area contributed by atoms with E-state index in [-0.39, 0.29) is 0 Å². The molecule has 0 aromatic heterocycles. The van der Waals surface area contributed by atoms with E-state index in [1.54, 1.807) is 0 Å². The van der Waals surface area contributed by atoms with Crippen LogP contribution in [0.25, 0.3) is 0 Å². The molecule has 0 fully saturated rings. The van der Waals surface area contributed by atoms with Gasteiger partial charge in [-0.3, -0.25) is 0 Å². The van der Waals surface area contributed by atoms with Gasteiger partial charge >= 0.3 is 0 Å². The van der Waals surface area contributed by atoms with E-state index in [2.05, 4.69) is 82.3 Å². The highest BCUT2D eigenvalue weighted by molar-refractivity contribution is 8.76. The molecule has 0 spiro atoms. The molecule has 2 aromatic rings. The number of benzene rings is 2. The molecule has 2 heteroatoms. The van der Waals surface area contributed by atoms with Crippen LogP contribution in [0.2, 0.25) is 0 Å². The van der Waals surface area contributed by atoms with Gasteiger partial charge in [-0.2, -0.15) is 0 Å². The first-order chi connectivity index (χ1) is 10.9. The highest BCUT2D eigenvalue weighted by Gasteiger charge is 1.96. The van der Waals surface area contributed by atoms with Crippen molar-refractivity contribution < 1.29 is 0 Å². The molecule has 118 valence electrons. The van der Waals surface area contributed by atoms with Crippen LogP contribution in [0.5, 0.6) is 0 Å². The van der Waals surface area contributed by atoms with Crippen LogP contribution in [0.1, 0.15) is 36.8 Å². The van der Waals surface area contributed by atoms with Crippen LogP contribution in [0.15, 0.2) is 60.7 Å². The minimum Gasteiger partial charge on any atom is -0.0942 e. The molecule has 0 saturated heterocycles. The van der Waals surface area contributed by atoms with Crippen molar-refractivity contribution in [3.63, 3.8) is 0 Å². The maximum Gasteiger partial charge on any atom is 0.00370 e. The van der Waals surface area contributed by atoms with Crippen LogP contribution >= 0.6 is 21.6 Å². The second-order valence-electron chi connectivity index (χ2n) is 5.53. The molecule has 0 bridgehead atoms. The van der Waals surface area contributed by atoms with Crippen molar-refractivity contribution in [2.75, 3.05) is 11.5 Å². The monoisotopic (exact) mass is 330 g/mol. The third-order valence-corrected chi connectivity index (χ3v) is 6.23. The van der Waals surface area contributed by atoms with Gasteiger partial charge < -0.3 is 0 Å². The Balaban J connectivity index is 1.37. The summed E-state index contributed by atoms with van der Waals surface area (Å²) in [6.45, 7) is 0. The van der Waals surface area contributed by atoms with Gasteiger partial charge in [0.1, 0.15) is 0 Å². The fourth-order valence-corrected chi connectivity index (χ4v) is 4.68. The minimum absolute atomic E-state index is 1.23. The smallest absolute Gasteiger partial charge is 0.00370 e. The molecule has 0 radical (unpaired) electrons. The molecule has 0 amide bonds. The van der Waals surface area contributed by atoms with Crippen LogP contribution in [0, 0.1) is 0 Å². The van der Waals surface area contributed by atoms with E-state index in [1.165, 1.54) is 61.2 Å².